The van der Waals surface area contributed by atoms with Gasteiger partial charge in [-0.1, -0.05) is 6.07 Å². The maximum atomic E-state index is 13.3. The molecule has 0 bridgehead atoms. The van der Waals surface area contributed by atoms with Crippen LogP contribution in [0, 0.1) is 5.82 Å². The molecule has 5 heteroatoms. The fraction of sp³-hybridized carbons (Fsp3) is 0.364. The first-order valence-electron chi connectivity index (χ1n) is 4.88. The van der Waals surface area contributed by atoms with Crippen molar-refractivity contribution in [3.63, 3.8) is 0 Å². The number of rotatable bonds is 5. The van der Waals surface area contributed by atoms with Crippen LogP contribution in [0.25, 0.3) is 0 Å². The van der Waals surface area contributed by atoms with Gasteiger partial charge in [0, 0.05) is 12.2 Å². The zero-order chi connectivity index (χ0) is 12.1. The van der Waals surface area contributed by atoms with Crippen molar-refractivity contribution in [2.75, 3.05) is 18.5 Å². The Bertz CT molecular complexity index is 381. The molecule has 1 aromatic rings. The molecule has 0 saturated carbocycles. The molecule has 0 spiro atoms. The van der Waals surface area contributed by atoms with E-state index < -0.39 is 18.5 Å². The van der Waals surface area contributed by atoms with E-state index in [0.29, 0.717) is 5.69 Å². The minimum Gasteiger partial charge on any atom is -0.394 e. The van der Waals surface area contributed by atoms with Gasteiger partial charge in [0.15, 0.2) is 5.78 Å². The van der Waals surface area contributed by atoms with Gasteiger partial charge in [-0.15, -0.1) is 0 Å². The highest BCUT2D eigenvalue weighted by molar-refractivity contribution is 5.99. The lowest BCUT2D eigenvalue weighted by atomic mass is 10.1. The van der Waals surface area contributed by atoms with Crippen molar-refractivity contribution >= 4 is 11.5 Å². The minimum absolute atomic E-state index is 0.0346. The lowest BCUT2D eigenvalue weighted by molar-refractivity contribution is 0.101. The molecule has 0 unspecified atom stereocenters. The molecule has 3 N–H and O–H groups in total. The van der Waals surface area contributed by atoms with E-state index in [9.17, 15) is 9.18 Å². The number of Topliss-reactive ketones (excluding diaryl/α,β-unsaturated/α-hetero) is 1. The second-order valence-electron chi connectivity index (χ2n) is 3.44. The van der Waals surface area contributed by atoms with Crippen LogP contribution in [0.2, 0.25) is 0 Å². The molecule has 1 aromatic carbocycles. The Morgan fingerprint density at radius 1 is 1.56 bits per heavy atom. The SMILES string of the molecule is CC(=O)c1c(F)cccc1NC[C@@H](O)CO. The van der Waals surface area contributed by atoms with E-state index in [1.807, 2.05) is 0 Å². The Labute approximate surface area is 92.7 Å². The summed E-state index contributed by atoms with van der Waals surface area (Å²) in [6, 6.07) is 4.21. The number of carbonyl (C=O) groups excluding carboxylic acids is 1. The van der Waals surface area contributed by atoms with Gasteiger partial charge in [-0.2, -0.15) is 0 Å². The zero-order valence-electron chi connectivity index (χ0n) is 8.90. The van der Waals surface area contributed by atoms with Crippen molar-refractivity contribution in [1.82, 2.24) is 0 Å². The van der Waals surface area contributed by atoms with Crippen LogP contribution in [0.1, 0.15) is 17.3 Å². The Hall–Kier alpha value is -1.46. The molecule has 88 valence electrons. The number of carbonyl (C=O) groups is 1. The predicted molar refractivity (Wildman–Crippen MR) is 58.0 cm³/mol. The van der Waals surface area contributed by atoms with E-state index in [1.54, 1.807) is 6.07 Å². The van der Waals surface area contributed by atoms with Crippen molar-refractivity contribution in [2.24, 2.45) is 0 Å². The number of anilines is 1. The number of hydrogen-bond acceptors (Lipinski definition) is 4. The minimum atomic E-state index is -0.942. The third kappa shape index (κ3) is 3.01. The maximum absolute atomic E-state index is 13.3. The van der Waals surface area contributed by atoms with Crippen LogP contribution in [0.5, 0.6) is 0 Å². The molecule has 0 aliphatic carbocycles. The predicted octanol–water partition coefficient (Wildman–Crippen LogP) is 0.793. The molecule has 0 aromatic heterocycles. The van der Waals surface area contributed by atoms with Gasteiger partial charge in [-0.05, 0) is 19.1 Å². The summed E-state index contributed by atoms with van der Waals surface area (Å²) in [6.45, 7) is 0.935. The highest BCUT2D eigenvalue weighted by Crippen LogP contribution is 2.19. The molecular formula is C11H14FNO3. The smallest absolute Gasteiger partial charge is 0.164 e. The lowest BCUT2D eigenvalue weighted by Crippen LogP contribution is -2.23. The molecule has 16 heavy (non-hydrogen) atoms. The van der Waals surface area contributed by atoms with Gasteiger partial charge in [-0.25, -0.2) is 4.39 Å². The largest absolute Gasteiger partial charge is 0.394 e. The molecule has 0 aliphatic rings. The number of aliphatic hydroxyl groups is 2. The molecule has 0 heterocycles. The van der Waals surface area contributed by atoms with E-state index in [-0.39, 0.29) is 17.9 Å². The van der Waals surface area contributed by atoms with Gasteiger partial charge in [0.05, 0.1) is 18.3 Å². The average Bonchev–Trinajstić information content (AvgIpc) is 2.25. The van der Waals surface area contributed by atoms with Gasteiger partial charge >= 0.3 is 0 Å². The van der Waals surface area contributed by atoms with E-state index in [1.165, 1.54) is 19.1 Å². The summed E-state index contributed by atoms with van der Waals surface area (Å²) >= 11 is 0. The average molecular weight is 227 g/mol. The summed E-state index contributed by atoms with van der Waals surface area (Å²) in [6.07, 6.45) is -0.942. The summed E-state index contributed by atoms with van der Waals surface area (Å²) in [5, 5.41) is 20.5. The number of ketones is 1. The first kappa shape index (κ1) is 12.6. The van der Waals surface area contributed by atoms with Gasteiger partial charge in [-0.3, -0.25) is 4.79 Å². The first-order chi connectivity index (χ1) is 7.56. The first-order valence-corrected chi connectivity index (χ1v) is 4.88. The molecule has 0 fully saturated rings. The molecular weight excluding hydrogens is 213 g/mol. The van der Waals surface area contributed by atoms with Gasteiger partial charge in [0.1, 0.15) is 5.82 Å². The van der Waals surface area contributed by atoms with Crippen molar-refractivity contribution < 1.29 is 19.4 Å². The van der Waals surface area contributed by atoms with Crippen molar-refractivity contribution in [2.45, 2.75) is 13.0 Å². The van der Waals surface area contributed by atoms with Gasteiger partial charge < -0.3 is 15.5 Å². The normalized spacial score (nSPS) is 12.2. The summed E-state index contributed by atoms with van der Waals surface area (Å²) in [5.74, 6) is -0.991. The van der Waals surface area contributed by atoms with Crippen LogP contribution < -0.4 is 5.32 Å². The number of aliphatic hydroxyl groups excluding tert-OH is 2. The lowest BCUT2D eigenvalue weighted by Gasteiger charge is -2.13. The topological polar surface area (TPSA) is 69.6 Å². The summed E-state index contributed by atoms with van der Waals surface area (Å²) in [5.41, 5.74) is 0.285. The molecule has 0 amide bonds. The Morgan fingerprint density at radius 2 is 2.25 bits per heavy atom. The van der Waals surface area contributed by atoms with Crippen LogP contribution in [0.15, 0.2) is 18.2 Å². The standard InChI is InChI=1S/C11H14FNO3/c1-7(15)11-9(12)3-2-4-10(11)13-5-8(16)6-14/h2-4,8,13-14,16H,5-6H2,1H3/t8-/m1/s1. The Kier molecular flexibility index (Phi) is 4.39. The van der Waals surface area contributed by atoms with E-state index in [0.717, 1.165) is 0 Å². The Balaban J connectivity index is 2.87. The highest BCUT2D eigenvalue weighted by Gasteiger charge is 2.13. The van der Waals surface area contributed by atoms with E-state index in [4.69, 9.17) is 10.2 Å². The van der Waals surface area contributed by atoms with Crippen LogP contribution in [-0.4, -0.2) is 35.3 Å². The van der Waals surface area contributed by atoms with Gasteiger partial charge in [0.2, 0.25) is 0 Å². The second-order valence-corrected chi connectivity index (χ2v) is 3.44. The van der Waals surface area contributed by atoms with Crippen molar-refractivity contribution in [1.29, 1.82) is 0 Å². The third-order valence-electron chi connectivity index (χ3n) is 2.10. The fourth-order valence-electron chi connectivity index (χ4n) is 1.32. The van der Waals surface area contributed by atoms with Crippen LogP contribution in [0.4, 0.5) is 10.1 Å². The summed E-state index contributed by atoms with van der Waals surface area (Å²) < 4.78 is 13.3. The molecule has 0 radical (unpaired) electrons. The molecule has 0 aliphatic heterocycles. The highest BCUT2D eigenvalue weighted by atomic mass is 19.1. The summed E-state index contributed by atoms with van der Waals surface area (Å²) in [4.78, 5) is 11.2. The number of halogens is 1. The van der Waals surface area contributed by atoms with Crippen molar-refractivity contribution in [3.05, 3.63) is 29.6 Å². The van der Waals surface area contributed by atoms with E-state index in [2.05, 4.69) is 5.32 Å². The molecule has 0 saturated heterocycles. The van der Waals surface area contributed by atoms with Gasteiger partial charge in [0.25, 0.3) is 0 Å². The van der Waals surface area contributed by atoms with Crippen LogP contribution in [0.3, 0.4) is 0 Å². The number of nitrogens with one attached hydrogen (secondary N) is 1. The zero-order valence-corrected chi connectivity index (χ0v) is 8.90. The van der Waals surface area contributed by atoms with Crippen LogP contribution >= 0.6 is 0 Å². The summed E-state index contributed by atoms with van der Waals surface area (Å²) in [7, 11) is 0. The molecule has 4 nitrogen and oxygen atoms in total. The Morgan fingerprint density at radius 3 is 2.81 bits per heavy atom. The quantitative estimate of drug-likeness (QED) is 0.650. The second kappa shape index (κ2) is 5.58. The monoisotopic (exact) mass is 227 g/mol. The fourth-order valence-corrected chi connectivity index (χ4v) is 1.32. The maximum Gasteiger partial charge on any atom is 0.164 e. The van der Waals surface area contributed by atoms with Crippen LogP contribution in [-0.2, 0) is 0 Å². The van der Waals surface area contributed by atoms with E-state index >= 15 is 0 Å². The third-order valence-corrected chi connectivity index (χ3v) is 2.10. The van der Waals surface area contributed by atoms with Crippen molar-refractivity contribution in [3.8, 4) is 0 Å². The molecule has 1 atom stereocenters. The number of hydrogen-bond donors (Lipinski definition) is 3. The molecule has 1 rings (SSSR count). The number of benzene rings is 1.